The number of carboxylic acids is 1. The molecular formula is C20H25NO4. The molecule has 1 saturated heterocycles. The van der Waals surface area contributed by atoms with Crippen molar-refractivity contribution in [2.45, 2.75) is 50.9 Å². The molecule has 1 spiro atoms. The van der Waals surface area contributed by atoms with Crippen molar-refractivity contribution in [3.05, 3.63) is 29.8 Å². The highest BCUT2D eigenvalue weighted by atomic mass is 16.4. The summed E-state index contributed by atoms with van der Waals surface area (Å²) in [6.07, 6.45) is 6.23. The number of carbonyl (C=O) groups excluding carboxylic acids is 1. The molecule has 2 saturated carbocycles. The Kier molecular flexibility index (Phi) is 3.78. The molecule has 1 heterocycles. The van der Waals surface area contributed by atoms with Crippen molar-refractivity contribution in [2.75, 3.05) is 13.1 Å². The molecule has 2 aliphatic carbocycles. The van der Waals surface area contributed by atoms with Crippen LogP contribution in [0.5, 0.6) is 5.75 Å². The van der Waals surface area contributed by atoms with Crippen LogP contribution < -0.4 is 0 Å². The molecule has 4 rings (SSSR count). The molecule has 0 radical (unpaired) electrons. The highest BCUT2D eigenvalue weighted by molar-refractivity contribution is 6.03. The van der Waals surface area contributed by atoms with Crippen molar-refractivity contribution in [3.63, 3.8) is 0 Å². The van der Waals surface area contributed by atoms with Crippen LogP contribution in [0, 0.1) is 10.8 Å². The Balaban J connectivity index is 1.49. The predicted molar refractivity (Wildman–Crippen MR) is 92.2 cm³/mol. The molecule has 1 aromatic carbocycles. The molecule has 2 N–H and O–H groups in total. The van der Waals surface area contributed by atoms with Gasteiger partial charge in [-0.05, 0) is 61.6 Å². The largest absolute Gasteiger partial charge is 0.508 e. The molecule has 1 aliphatic heterocycles. The fourth-order valence-corrected chi connectivity index (χ4v) is 5.14. The Morgan fingerprint density at radius 3 is 2.32 bits per heavy atom. The first-order chi connectivity index (χ1) is 11.9. The molecule has 1 amide bonds. The second-order valence-corrected chi connectivity index (χ2v) is 8.28. The summed E-state index contributed by atoms with van der Waals surface area (Å²) in [6, 6.07) is 7.13. The van der Waals surface area contributed by atoms with E-state index in [0.29, 0.717) is 25.9 Å². The van der Waals surface area contributed by atoms with Crippen LogP contribution in [0.2, 0.25) is 0 Å². The second kappa shape index (κ2) is 5.75. The molecule has 5 heteroatoms. The number of amides is 1. The van der Waals surface area contributed by atoms with Crippen LogP contribution in [0.4, 0.5) is 0 Å². The minimum atomic E-state index is -1.18. The number of benzene rings is 1. The molecule has 1 aromatic rings. The third-order valence-electron chi connectivity index (χ3n) is 6.66. The number of likely N-dealkylation sites (tertiary alicyclic amines) is 1. The van der Waals surface area contributed by atoms with Crippen LogP contribution in [0.15, 0.2) is 24.3 Å². The fourth-order valence-electron chi connectivity index (χ4n) is 5.14. The number of carbonyl (C=O) groups is 2. The number of piperidine rings is 1. The number of aromatic hydroxyl groups is 1. The van der Waals surface area contributed by atoms with E-state index in [-0.39, 0.29) is 23.0 Å². The van der Waals surface area contributed by atoms with Crippen molar-refractivity contribution >= 4 is 11.9 Å². The van der Waals surface area contributed by atoms with Crippen LogP contribution in [-0.4, -0.2) is 40.1 Å². The van der Waals surface area contributed by atoms with Gasteiger partial charge in [-0.25, -0.2) is 0 Å². The van der Waals surface area contributed by atoms with E-state index in [1.54, 1.807) is 17.0 Å². The van der Waals surface area contributed by atoms with Crippen LogP contribution in [-0.2, 0) is 9.59 Å². The smallest absolute Gasteiger partial charge is 0.319 e. The average molecular weight is 343 g/mol. The van der Waals surface area contributed by atoms with E-state index in [4.69, 9.17) is 0 Å². The van der Waals surface area contributed by atoms with E-state index in [2.05, 4.69) is 0 Å². The van der Waals surface area contributed by atoms with Gasteiger partial charge in [0.15, 0.2) is 0 Å². The van der Waals surface area contributed by atoms with Crippen LogP contribution in [0.1, 0.15) is 56.4 Å². The highest BCUT2D eigenvalue weighted by Gasteiger charge is 2.65. The Hall–Kier alpha value is -2.04. The lowest BCUT2D eigenvalue weighted by atomic mass is 9.45. The minimum absolute atomic E-state index is 0.139. The molecule has 25 heavy (non-hydrogen) atoms. The van der Waals surface area contributed by atoms with Crippen LogP contribution in [0.25, 0.3) is 0 Å². The first-order valence-electron chi connectivity index (χ1n) is 9.26. The number of phenolic OH excluding ortho intramolecular Hbond substituents is 1. The SMILES string of the molecule is O=C(O)C1(C(=O)N2CCCC(c3ccc(O)cc3)C2)CC2(CCC2)C1. The molecule has 3 aliphatic rings. The number of carboxylic acid groups (broad SMARTS) is 1. The summed E-state index contributed by atoms with van der Waals surface area (Å²) in [4.78, 5) is 26.8. The molecule has 1 unspecified atom stereocenters. The van der Waals surface area contributed by atoms with Gasteiger partial charge in [-0.1, -0.05) is 18.6 Å². The number of hydrogen-bond donors (Lipinski definition) is 2. The molecule has 134 valence electrons. The maximum Gasteiger partial charge on any atom is 0.319 e. The summed E-state index contributed by atoms with van der Waals surface area (Å²) >= 11 is 0. The molecule has 0 bridgehead atoms. The van der Waals surface area contributed by atoms with Crippen molar-refractivity contribution < 1.29 is 19.8 Å². The van der Waals surface area contributed by atoms with Crippen molar-refractivity contribution in [1.82, 2.24) is 4.90 Å². The zero-order chi connectivity index (χ0) is 17.7. The van der Waals surface area contributed by atoms with Crippen molar-refractivity contribution in [2.24, 2.45) is 10.8 Å². The summed E-state index contributed by atoms with van der Waals surface area (Å²) < 4.78 is 0. The van der Waals surface area contributed by atoms with Gasteiger partial charge in [0.25, 0.3) is 0 Å². The summed E-state index contributed by atoms with van der Waals surface area (Å²) in [6.45, 7) is 1.22. The van der Waals surface area contributed by atoms with Gasteiger partial charge in [0, 0.05) is 19.0 Å². The molecule has 0 aromatic heterocycles. The predicted octanol–water partition coefficient (Wildman–Crippen LogP) is 3.13. The van der Waals surface area contributed by atoms with E-state index >= 15 is 0 Å². The normalized spacial score (nSPS) is 26.6. The first-order valence-corrected chi connectivity index (χ1v) is 9.26. The summed E-state index contributed by atoms with van der Waals surface area (Å²) in [5.74, 6) is -0.678. The van der Waals surface area contributed by atoms with Gasteiger partial charge in [0.1, 0.15) is 11.2 Å². The standard InChI is InChI=1S/C20H25NO4/c22-16-6-4-14(5-7-16)15-3-1-10-21(11-15)17(23)20(18(24)25)12-19(13-20)8-2-9-19/h4-7,15,22H,1-3,8-13H2,(H,24,25). The molecular weight excluding hydrogens is 318 g/mol. The minimum Gasteiger partial charge on any atom is -0.508 e. The maximum atomic E-state index is 13.1. The summed E-state index contributed by atoms with van der Waals surface area (Å²) in [5, 5.41) is 19.2. The lowest BCUT2D eigenvalue weighted by Crippen LogP contribution is -2.62. The molecule has 3 fully saturated rings. The van der Waals surface area contributed by atoms with Gasteiger partial charge < -0.3 is 15.1 Å². The van der Waals surface area contributed by atoms with Gasteiger partial charge in [-0.15, -0.1) is 0 Å². The van der Waals surface area contributed by atoms with E-state index in [1.807, 2.05) is 12.1 Å². The van der Waals surface area contributed by atoms with Crippen LogP contribution in [0.3, 0.4) is 0 Å². The second-order valence-electron chi connectivity index (χ2n) is 8.28. The third kappa shape index (κ3) is 2.60. The average Bonchev–Trinajstić information content (AvgIpc) is 2.53. The molecule has 5 nitrogen and oxygen atoms in total. The number of aliphatic carboxylic acids is 1. The maximum absolute atomic E-state index is 13.1. The molecule has 1 atom stereocenters. The monoisotopic (exact) mass is 343 g/mol. The summed E-state index contributed by atoms with van der Waals surface area (Å²) in [5.41, 5.74) is 0.0565. The lowest BCUT2D eigenvalue weighted by molar-refractivity contribution is -0.187. The lowest BCUT2D eigenvalue weighted by Gasteiger charge is -2.59. The van der Waals surface area contributed by atoms with Crippen LogP contribution >= 0.6 is 0 Å². The first kappa shape index (κ1) is 16.4. The zero-order valence-corrected chi connectivity index (χ0v) is 14.4. The number of hydrogen-bond acceptors (Lipinski definition) is 3. The van der Waals surface area contributed by atoms with Crippen molar-refractivity contribution in [3.8, 4) is 5.75 Å². The number of phenols is 1. The highest BCUT2D eigenvalue weighted by Crippen LogP contribution is 2.65. The number of nitrogens with zero attached hydrogens (tertiary/aromatic N) is 1. The van der Waals surface area contributed by atoms with E-state index in [9.17, 15) is 19.8 Å². The quantitative estimate of drug-likeness (QED) is 0.827. The van der Waals surface area contributed by atoms with Gasteiger partial charge in [0.2, 0.25) is 5.91 Å². The van der Waals surface area contributed by atoms with E-state index in [1.165, 1.54) is 0 Å². The van der Waals surface area contributed by atoms with Gasteiger partial charge >= 0.3 is 5.97 Å². The van der Waals surface area contributed by atoms with E-state index in [0.717, 1.165) is 37.7 Å². The Morgan fingerprint density at radius 2 is 1.76 bits per heavy atom. The van der Waals surface area contributed by atoms with Gasteiger partial charge in [-0.3, -0.25) is 9.59 Å². The third-order valence-corrected chi connectivity index (χ3v) is 6.66. The zero-order valence-electron chi connectivity index (χ0n) is 14.4. The Morgan fingerprint density at radius 1 is 1.08 bits per heavy atom. The van der Waals surface area contributed by atoms with E-state index < -0.39 is 11.4 Å². The van der Waals surface area contributed by atoms with Gasteiger partial charge in [-0.2, -0.15) is 0 Å². The Bertz CT molecular complexity index is 684. The topological polar surface area (TPSA) is 77.8 Å². The Labute approximate surface area is 147 Å². The van der Waals surface area contributed by atoms with Crippen molar-refractivity contribution in [1.29, 1.82) is 0 Å². The number of rotatable bonds is 3. The van der Waals surface area contributed by atoms with Gasteiger partial charge in [0.05, 0.1) is 0 Å². The summed E-state index contributed by atoms with van der Waals surface area (Å²) in [7, 11) is 0. The fraction of sp³-hybridized carbons (Fsp3) is 0.600.